The number of carbonyl (C=O) groups is 1. The van der Waals surface area contributed by atoms with Crippen LogP contribution >= 0.6 is 0 Å². The summed E-state index contributed by atoms with van der Waals surface area (Å²) in [5.41, 5.74) is 2.98. The maximum absolute atomic E-state index is 12.5. The van der Waals surface area contributed by atoms with Crippen LogP contribution in [0.4, 0.5) is 0 Å². The first kappa shape index (κ1) is 15.8. The van der Waals surface area contributed by atoms with Crippen molar-refractivity contribution in [2.24, 2.45) is 5.92 Å². The molecule has 1 aromatic heterocycles. The van der Waals surface area contributed by atoms with E-state index in [1.165, 1.54) is 0 Å². The van der Waals surface area contributed by atoms with Crippen molar-refractivity contribution in [3.8, 4) is 5.69 Å². The number of fused-ring (bicyclic) bond motifs is 1. The highest BCUT2D eigenvalue weighted by molar-refractivity contribution is 5.95. The molecule has 0 spiro atoms. The molecule has 0 aliphatic heterocycles. The van der Waals surface area contributed by atoms with Gasteiger partial charge in [0.1, 0.15) is 6.33 Å². The van der Waals surface area contributed by atoms with E-state index in [0.29, 0.717) is 11.5 Å². The molecule has 1 atom stereocenters. The number of aliphatic hydroxyl groups is 1. The predicted octanol–water partition coefficient (Wildman–Crippen LogP) is 2.92. The number of para-hydroxylation sites is 2. The molecule has 0 radical (unpaired) electrons. The molecule has 2 aromatic carbocycles. The van der Waals surface area contributed by atoms with Gasteiger partial charge in [0.15, 0.2) is 0 Å². The van der Waals surface area contributed by atoms with Crippen molar-refractivity contribution >= 4 is 16.9 Å². The zero-order valence-electron chi connectivity index (χ0n) is 14.1. The minimum Gasteiger partial charge on any atom is -0.394 e. The molecule has 1 fully saturated rings. The standard InChI is InChI=1S/C20H21N3O2/c1-20(12-24,15-8-9-15)22-19(25)14-6-10-16(11-7-14)23-13-21-17-4-2-3-5-18(17)23/h2-7,10-11,13,15,24H,8-9,12H2,1H3,(H,22,25). The van der Waals surface area contributed by atoms with Crippen LogP contribution in [0.1, 0.15) is 30.1 Å². The normalized spacial score (nSPS) is 16.6. The molecule has 1 aliphatic carbocycles. The van der Waals surface area contributed by atoms with E-state index in [1.54, 1.807) is 6.33 Å². The number of benzene rings is 2. The van der Waals surface area contributed by atoms with Crippen LogP contribution in [0.5, 0.6) is 0 Å². The number of nitrogens with one attached hydrogen (secondary N) is 1. The second kappa shape index (κ2) is 6.01. The van der Waals surface area contributed by atoms with Gasteiger partial charge in [-0.25, -0.2) is 4.98 Å². The van der Waals surface area contributed by atoms with E-state index in [2.05, 4.69) is 10.3 Å². The molecule has 1 heterocycles. The van der Waals surface area contributed by atoms with Crippen molar-refractivity contribution in [3.63, 3.8) is 0 Å². The van der Waals surface area contributed by atoms with Gasteiger partial charge >= 0.3 is 0 Å². The van der Waals surface area contributed by atoms with Crippen LogP contribution in [0.15, 0.2) is 54.9 Å². The molecule has 4 rings (SSSR count). The molecule has 1 amide bonds. The lowest BCUT2D eigenvalue weighted by atomic mass is 9.96. The van der Waals surface area contributed by atoms with Crippen molar-refractivity contribution in [1.82, 2.24) is 14.9 Å². The Morgan fingerprint density at radius 3 is 2.64 bits per heavy atom. The van der Waals surface area contributed by atoms with Crippen molar-refractivity contribution in [2.45, 2.75) is 25.3 Å². The predicted molar refractivity (Wildman–Crippen MR) is 96.8 cm³/mol. The quantitative estimate of drug-likeness (QED) is 0.753. The molecule has 1 unspecified atom stereocenters. The number of hydrogen-bond acceptors (Lipinski definition) is 3. The molecule has 5 heteroatoms. The summed E-state index contributed by atoms with van der Waals surface area (Å²) in [5.74, 6) is 0.225. The summed E-state index contributed by atoms with van der Waals surface area (Å²) in [7, 11) is 0. The molecule has 0 saturated heterocycles. The summed E-state index contributed by atoms with van der Waals surface area (Å²) in [6.07, 6.45) is 3.91. The van der Waals surface area contributed by atoms with Gasteiger partial charge in [0, 0.05) is 11.3 Å². The van der Waals surface area contributed by atoms with Gasteiger partial charge in [0.2, 0.25) is 0 Å². The highest BCUT2D eigenvalue weighted by Crippen LogP contribution is 2.39. The average Bonchev–Trinajstić information content (AvgIpc) is 3.42. The second-order valence-corrected chi connectivity index (χ2v) is 6.95. The third-order valence-corrected chi connectivity index (χ3v) is 5.07. The lowest BCUT2D eigenvalue weighted by Crippen LogP contribution is -2.50. The molecule has 1 saturated carbocycles. The van der Waals surface area contributed by atoms with Gasteiger partial charge in [0.05, 0.1) is 23.2 Å². The van der Waals surface area contributed by atoms with Gasteiger partial charge in [-0.05, 0) is 62.1 Å². The van der Waals surface area contributed by atoms with Crippen molar-refractivity contribution < 1.29 is 9.90 Å². The SMILES string of the molecule is CC(CO)(NC(=O)c1ccc(-n2cnc3ccccc32)cc1)C1CC1. The van der Waals surface area contributed by atoms with Crippen molar-refractivity contribution in [2.75, 3.05) is 6.61 Å². The Morgan fingerprint density at radius 2 is 1.96 bits per heavy atom. The summed E-state index contributed by atoms with van der Waals surface area (Å²) in [6.45, 7) is 1.87. The van der Waals surface area contributed by atoms with Crippen LogP contribution < -0.4 is 5.32 Å². The summed E-state index contributed by atoms with van der Waals surface area (Å²) >= 11 is 0. The largest absolute Gasteiger partial charge is 0.394 e. The summed E-state index contributed by atoms with van der Waals surface area (Å²) in [6, 6.07) is 15.4. The first-order chi connectivity index (χ1) is 12.1. The fourth-order valence-corrected chi connectivity index (χ4v) is 3.26. The molecule has 3 aromatic rings. The van der Waals surface area contributed by atoms with Crippen LogP contribution in [0.2, 0.25) is 0 Å². The molecule has 1 aliphatic rings. The highest BCUT2D eigenvalue weighted by Gasteiger charge is 2.42. The zero-order chi connectivity index (χ0) is 17.4. The van der Waals surface area contributed by atoms with Crippen molar-refractivity contribution in [3.05, 3.63) is 60.4 Å². The van der Waals surface area contributed by atoms with Gasteiger partial charge in [-0.2, -0.15) is 0 Å². The van der Waals surface area contributed by atoms with E-state index in [1.807, 2.05) is 60.0 Å². The molecular formula is C20H21N3O2. The fourth-order valence-electron chi connectivity index (χ4n) is 3.26. The van der Waals surface area contributed by atoms with Gasteiger partial charge in [0.25, 0.3) is 5.91 Å². The van der Waals surface area contributed by atoms with Crippen LogP contribution in [0, 0.1) is 5.92 Å². The zero-order valence-corrected chi connectivity index (χ0v) is 14.1. The highest BCUT2D eigenvalue weighted by atomic mass is 16.3. The molecule has 0 bridgehead atoms. The maximum atomic E-state index is 12.5. The van der Waals surface area contributed by atoms with E-state index in [4.69, 9.17) is 0 Å². The monoisotopic (exact) mass is 335 g/mol. The Labute approximate surface area is 146 Å². The van der Waals surface area contributed by atoms with Gasteiger partial charge in [-0.1, -0.05) is 12.1 Å². The summed E-state index contributed by atoms with van der Waals surface area (Å²) < 4.78 is 2.00. The Kier molecular flexibility index (Phi) is 3.81. The fraction of sp³-hybridized carbons (Fsp3) is 0.300. The smallest absolute Gasteiger partial charge is 0.251 e. The van der Waals surface area contributed by atoms with Crippen LogP contribution in [0.3, 0.4) is 0 Å². The Hall–Kier alpha value is -2.66. The van der Waals surface area contributed by atoms with Gasteiger partial charge < -0.3 is 10.4 Å². The van der Waals surface area contributed by atoms with Crippen LogP contribution in [-0.4, -0.2) is 32.7 Å². The number of carbonyl (C=O) groups excluding carboxylic acids is 1. The second-order valence-electron chi connectivity index (χ2n) is 6.95. The first-order valence-corrected chi connectivity index (χ1v) is 8.57. The molecular weight excluding hydrogens is 314 g/mol. The first-order valence-electron chi connectivity index (χ1n) is 8.57. The van der Waals surface area contributed by atoms with E-state index in [9.17, 15) is 9.90 Å². The number of aliphatic hydroxyl groups excluding tert-OH is 1. The number of nitrogens with zero attached hydrogens (tertiary/aromatic N) is 2. The number of hydrogen-bond donors (Lipinski definition) is 2. The van der Waals surface area contributed by atoms with Crippen LogP contribution in [-0.2, 0) is 0 Å². The van der Waals surface area contributed by atoms with Gasteiger partial charge in [-0.15, -0.1) is 0 Å². The van der Waals surface area contributed by atoms with Crippen LogP contribution in [0.25, 0.3) is 16.7 Å². The lowest BCUT2D eigenvalue weighted by molar-refractivity contribution is 0.0824. The molecule has 2 N–H and O–H groups in total. The lowest BCUT2D eigenvalue weighted by Gasteiger charge is -2.28. The molecule has 128 valence electrons. The van der Waals surface area contributed by atoms with Crippen molar-refractivity contribution in [1.29, 1.82) is 0 Å². The Bertz CT molecular complexity index is 912. The Morgan fingerprint density at radius 1 is 1.24 bits per heavy atom. The number of aromatic nitrogens is 2. The number of amides is 1. The van der Waals surface area contributed by atoms with E-state index in [-0.39, 0.29) is 12.5 Å². The number of imidazole rings is 1. The minimum atomic E-state index is -0.531. The van der Waals surface area contributed by atoms with E-state index >= 15 is 0 Å². The van der Waals surface area contributed by atoms with E-state index in [0.717, 1.165) is 29.6 Å². The maximum Gasteiger partial charge on any atom is 0.251 e. The average molecular weight is 335 g/mol. The minimum absolute atomic E-state index is 0.0392. The van der Waals surface area contributed by atoms with Gasteiger partial charge in [-0.3, -0.25) is 9.36 Å². The Balaban J connectivity index is 1.56. The topological polar surface area (TPSA) is 67.2 Å². The third-order valence-electron chi connectivity index (χ3n) is 5.07. The number of rotatable bonds is 5. The summed E-state index contributed by atoms with van der Waals surface area (Å²) in [4.78, 5) is 16.9. The van der Waals surface area contributed by atoms with E-state index < -0.39 is 5.54 Å². The molecule has 5 nitrogen and oxygen atoms in total. The summed E-state index contributed by atoms with van der Waals surface area (Å²) in [5, 5.41) is 12.6. The molecule has 25 heavy (non-hydrogen) atoms. The third kappa shape index (κ3) is 2.91.